The molecule has 8 nitrogen and oxygen atoms in total. The van der Waals surface area contributed by atoms with Crippen molar-refractivity contribution >= 4 is 27.5 Å². The second-order valence-corrected chi connectivity index (χ2v) is 10.3. The van der Waals surface area contributed by atoms with E-state index in [9.17, 15) is 9.59 Å². The van der Waals surface area contributed by atoms with Gasteiger partial charge in [0, 0.05) is 50.2 Å². The van der Waals surface area contributed by atoms with Crippen molar-refractivity contribution in [2.24, 2.45) is 0 Å². The summed E-state index contributed by atoms with van der Waals surface area (Å²) in [6, 6.07) is 8.35. The van der Waals surface area contributed by atoms with Gasteiger partial charge in [0.1, 0.15) is 17.2 Å². The van der Waals surface area contributed by atoms with Crippen molar-refractivity contribution in [3.8, 4) is 5.75 Å². The molecule has 0 bridgehead atoms. The monoisotopic (exact) mass is 498 g/mol. The molecule has 0 radical (unpaired) electrons. The minimum Gasteiger partial charge on any atom is -0.492 e. The molecule has 3 aromatic rings. The van der Waals surface area contributed by atoms with Gasteiger partial charge in [-0.1, -0.05) is 12.1 Å². The van der Waals surface area contributed by atoms with Crippen LogP contribution in [0.2, 0.25) is 0 Å². The van der Waals surface area contributed by atoms with Crippen LogP contribution in [0.5, 0.6) is 5.75 Å². The van der Waals surface area contributed by atoms with Crippen LogP contribution in [0.25, 0.3) is 10.2 Å². The van der Waals surface area contributed by atoms with Crippen LogP contribution in [0.15, 0.2) is 35.4 Å². The number of aryl methyl sites for hydroxylation is 3. The van der Waals surface area contributed by atoms with E-state index in [-0.39, 0.29) is 17.9 Å². The Labute approximate surface area is 209 Å². The fourth-order valence-electron chi connectivity index (χ4n) is 4.30. The number of amides is 1. The van der Waals surface area contributed by atoms with Crippen LogP contribution in [0.4, 0.5) is 0 Å². The van der Waals surface area contributed by atoms with Gasteiger partial charge in [0.2, 0.25) is 5.91 Å². The van der Waals surface area contributed by atoms with Crippen LogP contribution in [0.1, 0.15) is 35.3 Å². The molecular weight excluding hydrogens is 464 g/mol. The summed E-state index contributed by atoms with van der Waals surface area (Å²) in [5.41, 5.74) is 1.86. The van der Waals surface area contributed by atoms with Gasteiger partial charge in [-0.25, -0.2) is 4.98 Å². The molecule has 2 aromatic heterocycles. The van der Waals surface area contributed by atoms with E-state index in [0.717, 1.165) is 59.2 Å². The van der Waals surface area contributed by atoms with Gasteiger partial charge in [0.25, 0.3) is 5.56 Å². The van der Waals surface area contributed by atoms with Crippen LogP contribution in [0.3, 0.4) is 0 Å². The Kier molecular flexibility index (Phi) is 8.54. The zero-order chi connectivity index (χ0) is 24.8. The molecule has 188 valence electrons. The van der Waals surface area contributed by atoms with E-state index in [1.807, 2.05) is 38.1 Å². The maximum Gasteiger partial charge on any atom is 0.262 e. The Morgan fingerprint density at radius 2 is 2.11 bits per heavy atom. The maximum absolute atomic E-state index is 12.8. The van der Waals surface area contributed by atoms with Gasteiger partial charge < -0.3 is 14.8 Å². The van der Waals surface area contributed by atoms with Crippen molar-refractivity contribution in [2.75, 3.05) is 33.4 Å². The molecule has 0 aliphatic carbocycles. The topological polar surface area (TPSA) is 85.7 Å². The molecule has 1 N–H and O–H groups in total. The van der Waals surface area contributed by atoms with Crippen LogP contribution < -0.4 is 15.6 Å². The zero-order valence-corrected chi connectivity index (χ0v) is 21.5. The third kappa shape index (κ3) is 6.48. The van der Waals surface area contributed by atoms with Crippen molar-refractivity contribution in [1.82, 2.24) is 19.8 Å². The van der Waals surface area contributed by atoms with Crippen LogP contribution >= 0.6 is 11.3 Å². The number of aromatic nitrogens is 2. The van der Waals surface area contributed by atoms with E-state index < -0.39 is 0 Å². The Hall–Kier alpha value is -2.75. The molecule has 0 atom stereocenters. The zero-order valence-electron chi connectivity index (χ0n) is 20.7. The number of ether oxygens (including phenoxy) is 2. The van der Waals surface area contributed by atoms with Gasteiger partial charge in [-0.05, 0) is 57.0 Å². The highest BCUT2D eigenvalue weighted by Crippen LogP contribution is 2.25. The lowest BCUT2D eigenvalue weighted by molar-refractivity contribution is -0.121. The Morgan fingerprint density at radius 3 is 2.91 bits per heavy atom. The largest absolute Gasteiger partial charge is 0.492 e. The first kappa shape index (κ1) is 25.3. The molecule has 1 saturated heterocycles. The third-order valence-electron chi connectivity index (χ3n) is 6.65. The first-order valence-corrected chi connectivity index (χ1v) is 13.0. The van der Waals surface area contributed by atoms with E-state index >= 15 is 0 Å². The minimum absolute atomic E-state index is 0.0861. The third-order valence-corrected chi connectivity index (χ3v) is 7.77. The van der Waals surface area contributed by atoms with E-state index in [1.165, 1.54) is 22.2 Å². The molecule has 3 heterocycles. The summed E-state index contributed by atoms with van der Waals surface area (Å²) in [4.78, 5) is 33.8. The number of likely N-dealkylation sites (N-methyl/N-ethyl adjacent to an activating group) is 1. The van der Waals surface area contributed by atoms with Gasteiger partial charge in [-0.3, -0.25) is 19.1 Å². The number of carbonyl (C=O) groups is 1. The maximum atomic E-state index is 12.8. The van der Waals surface area contributed by atoms with Gasteiger partial charge in [0.15, 0.2) is 0 Å². The fourth-order valence-corrected chi connectivity index (χ4v) is 5.29. The van der Waals surface area contributed by atoms with E-state index in [1.54, 1.807) is 0 Å². The van der Waals surface area contributed by atoms with Gasteiger partial charge in [-0.15, -0.1) is 11.3 Å². The average Bonchev–Trinajstić information content (AvgIpc) is 3.17. The van der Waals surface area contributed by atoms with Crippen molar-refractivity contribution in [3.63, 3.8) is 0 Å². The predicted octanol–water partition coefficient (Wildman–Crippen LogP) is 3.27. The predicted molar refractivity (Wildman–Crippen MR) is 138 cm³/mol. The molecule has 35 heavy (non-hydrogen) atoms. The fraction of sp³-hybridized carbons (Fsp3) is 0.500. The summed E-state index contributed by atoms with van der Waals surface area (Å²) in [6.45, 7) is 7.77. The molecule has 1 amide bonds. The average molecular weight is 499 g/mol. The summed E-state index contributed by atoms with van der Waals surface area (Å²) in [5, 5.41) is 3.60. The number of thiophene rings is 1. The molecule has 0 unspecified atom stereocenters. The van der Waals surface area contributed by atoms with E-state index in [2.05, 4.69) is 22.2 Å². The molecule has 1 aliphatic heterocycles. The smallest absolute Gasteiger partial charge is 0.262 e. The SMILES string of the molecule is Cc1sc2ncn(CCC(=O)NCc3cccc(OCCN(C)C4CCOCC4)c3)c(=O)c2c1C. The Balaban J connectivity index is 1.23. The lowest BCUT2D eigenvalue weighted by atomic mass is 10.1. The highest BCUT2D eigenvalue weighted by atomic mass is 32.1. The van der Waals surface area contributed by atoms with Gasteiger partial charge in [-0.2, -0.15) is 0 Å². The molecule has 1 fully saturated rings. The second kappa shape index (κ2) is 11.8. The first-order valence-electron chi connectivity index (χ1n) is 12.1. The number of rotatable bonds is 10. The highest BCUT2D eigenvalue weighted by Gasteiger charge is 2.18. The van der Waals surface area contributed by atoms with E-state index in [0.29, 0.717) is 31.1 Å². The van der Waals surface area contributed by atoms with Crippen LogP contribution in [-0.4, -0.2) is 59.8 Å². The van der Waals surface area contributed by atoms with Crippen molar-refractivity contribution in [1.29, 1.82) is 0 Å². The van der Waals surface area contributed by atoms with Crippen LogP contribution in [-0.2, 0) is 22.6 Å². The number of carbonyl (C=O) groups excluding carboxylic acids is 1. The second-order valence-electron chi connectivity index (χ2n) is 9.05. The van der Waals surface area contributed by atoms with Gasteiger partial charge >= 0.3 is 0 Å². The van der Waals surface area contributed by atoms with E-state index in [4.69, 9.17) is 9.47 Å². The molecule has 0 spiro atoms. The standard InChI is InChI=1S/C26H34N4O4S/c1-18-19(2)35-25-24(18)26(32)30(17-28-25)10-7-23(31)27-16-20-5-4-6-22(15-20)34-14-11-29(3)21-8-12-33-13-9-21/h4-6,15,17,21H,7-14,16H2,1-3H3,(H,27,31). The molecule has 0 saturated carbocycles. The number of hydrogen-bond donors (Lipinski definition) is 1. The lowest BCUT2D eigenvalue weighted by Gasteiger charge is -2.31. The number of fused-ring (bicyclic) bond motifs is 1. The summed E-state index contributed by atoms with van der Waals surface area (Å²) < 4.78 is 12.9. The first-order chi connectivity index (χ1) is 16.9. The van der Waals surface area contributed by atoms with Crippen molar-refractivity contribution < 1.29 is 14.3 Å². The molecule has 1 aliphatic rings. The molecular formula is C26H34N4O4S. The summed E-state index contributed by atoms with van der Waals surface area (Å²) >= 11 is 1.52. The minimum atomic E-state index is -0.111. The van der Waals surface area contributed by atoms with Gasteiger partial charge in [0.05, 0.1) is 11.7 Å². The number of nitrogens with zero attached hydrogens (tertiary/aromatic N) is 3. The molecule has 9 heteroatoms. The highest BCUT2D eigenvalue weighted by molar-refractivity contribution is 7.18. The quantitative estimate of drug-likeness (QED) is 0.462. The molecule has 1 aromatic carbocycles. The van der Waals surface area contributed by atoms with Crippen LogP contribution in [0, 0.1) is 13.8 Å². The Bertz CT molecular complexity index is 1220. The van der Waals surface area contributed by atoms with Crippen molar-refractivity contribution in [2.45, 2.75) is 52.2 Å². The summed E-state index contributed by atoms with van der Waals surface area (Å²) in [5.74, 6) is 0.684. The van der Waals surface area contributed by atoms with Crippen molar-refractivity contribution in [3.05, 3.63) is 57.0 Å². The summed E-state index contributed by atoms with van der Waals surface area (Å²) in [6.07, 6.45) is 3.88. The number of hydrogen-bond acceptors (Lipinski definition) is 7. The summed E-state index contributed by atoms with van der Waals surface area (Å²) in [7, 11) is 2.14. The molecule has 4 rings (SSSR count). The normalized spacial score (nSPS) is 14.5. The number of nitrogens with one attached hydrogen (secondary N) is 1. The number of benzene rings is 1. The Morgan fingerprint density at radius 1 is 1.31 bits per heavy atom. The lowest BCUT2D eigenvalue weighted by Crippen LogP contribution is -2.38.